The minimum Gasteiger partial charge on any atom is -0.454 e. The molecular formula is C33H32F4O2. The van der Waals surface area contributed by atoms with E-state index in [1.54, 1.807) is 54.6 Å². The second-order valence-electron chi connectivity index (χ2n) is 8.70. The molecular weight excluding hydrogens is 504 g/mol. The third-order valence-corrected chi connectivity index (χ3v) is 5.93. The molecule has 1 atom stereocenters. The Balaban J connectivity index is 0.00000260. The van der Waals surface area contributed by atoms with Gasteiger partial charge in [0.25, 0.3) is 0 Å². The minimum atomic E-state index is -4.45. The first-order chi connectivity index (χ1) is 18.7. The molecule has 2 nitrogen and oxygen atoms in total. The van der Waals surface area contributed by atoms with Crippen molar-refractivity contribution in [3.8, 4) is 24.0 Å². The molecule has 0 fully saturated rings. The lowest BCUT2D eigenvalue weighted by Crippen LogP contribution is -2.12. The maximum atomic E-state index is 14.7. The Kier molecular flexibility index (Phi) is 12.2. The standard InChI is InChI=1S/C31H30F4O2.C2H2/c1-3-5-7-8-10-29(24-16-18-26(19-17-24)31(33,34)35)37-30(36)25-14-12-23(13-15-25)27-20-11-22(9-6-4-2)21-28(27)32;1-2/h3,5,7-8,11-21,29H,4,6,9-10H2,1-2H3;1-2H/b5-3-,8-7-;. The fourth-order valence-corrected chi connectivity index (χ4v) is 3.84. The Morgan fingerprint density at radius 2 is 1.64 bits per heavy atom. The third kappa shape index (κ3) is 9.30. The largest absolute Gasteiger partial charge is 0.454 e. The van der Waals surface area contributed by atoms with Crippen LogP contribution in [0.3, 0.4) is 0 Å². The zero-order valence-electron chi connectivity index (χ0n) is 22.0. The van der Waals surface area contributed by atoms with Crippen molar-refractivity contribution in [3.63, 3.8) is 0 Å². The predicted molar refractivity (Wildman–Crippen MR) is 149 cm³/mol. The number of terminal acetylenes is 1. The molecule has 6 heteroatoms. The van der Waals surface area contributed by atoms with Gasteiger partial charge in [-0.3, -0.25) is 0 Å². The summed E-state index contributed by atoms with van der Waals surface area (Å²) in [6, 6.07) is 16.2. The van der Waals surface area contributed by atoms with Crippen LogP contribution in [0.2, 0.25) is 0 Å². The summed E-state index contributed by atoms with van der Waals surface area (Å²) in [4.78, 5) is 12.9. The first-order valence-corrected chi connectivity index (χ1v) is 12.6. The molecule has 0 bridgehead atoms. The summed E-state index contributed by atoms with van der Waals surface area (Å²) >= 11 is 0. The van der Waals surface area contributed by atoms with E-state index in [4.69, 9.17) is 4.74 Å². The Hall–Kier alpha value is -4.11. The molecule has 0 amide bonds. The van der Waals surface area contributed by atoms with E-state index in [0.29, 0.717) is 16.7 Å². The number of unbranched alkanes of at least 4 members (excludes halogenated alkanes) is 1. The van der Waals surface area contributed by atoms with Crippen LogP contribution in [0.5, 0.6) is 0 Å². The highest BCUT2D eigenvalue weighted by molar-refractivity contribution is 5.90. The number of rotatable bonds is 10. The maximum Gasteiger partial charge on any atom is 0.416 e. The Labute approximate surface area is 228 Å². The van der Waals surface area contributed by atoms with Crippen LogP contribution in [-0.4, -0.2) is 5.97 Å². The number of carbonyl (C=O) groups is 1. The number of allylic oxidation sites excluding steroid dienone is 3. The van der Waals surface area contributed by atoms with Gasteiger partial charge in [0.2, 0.25) is 0 Å². The highest BCUT2D eigenvalue weighted by Crippen LogP contribution is 2.32. The normalized spacial score (nSPS) is 12.2. The zero-order chi connectivity index (χ0) is 28.8. The molecule has 0 N–H and O–H groups in total. The van der Waals surface area contributed by atoms with Crippen molar-refractivity contribution in [2.75, 3.05) is 0 Å². The first-order valence-electron chi connectivity index (χ1n) is 12.6. The van der Waals surface area contributed by atoms with Crippen molar-refractivity contribution in [2.24, 2.45) is 0 Å². The van der Waals surface area contributed by atoms with Crippen LogP contribution in [0, 0.1) is 18.7 Å². The van der Waals surface area contributed by atoms with Crippen LogP contribution in [0.4, 0.5) is 17.6 Å². The second kappa shape index (κ2) is 15.3. The Morgan fingerprint density at radius 1 is 0.974 bits per heavy atom. The van der Waals surface area contributed by atoms with Crippen molar-refractivity contribution in [1.82, 2.24) is 0 Å². The van der Waals surface area contributed by atoms with E-state index < -0.39 is 23.8 Å². The summed E-state index contributed by atoms with van der Waals surface area (Å²) in [7, 11) is 0. The molecule has 0 aliphatic heterocycles. The van der Waals surface area contributed by atoms with Gasteiger partial charge in [0, 0.05) is 12.0 Å². The van der Waals surface area contributed by atoms with Crippen LogP contribution in [0.25, 0.3) is 11.1 Å². The SMILES string of the molecule is C#C.C/C=C\C=C/CC(OC(=O)c1ccc(-c2ccc(CCCC)cc2F)cc1)c1ccc(C(F)(F)F)cc1. The minimum absolute atomic E-state index is 0.262. The molecule has 0 saturated heterocycles. The average molecular weight is 537 g/mol. The summed E-state index contributed by atoms with van der Waals surface area (Å²) in [6.45, 7) is 3.94. The highest BCUT2D eigenvalue weighted by atomic mass is 19.4. The summed E-state index contributed by atoms with van der Waals surface area (Å²) in [5, 5.41) is 0. The molecule has 3 aromatic carbocycles. The average Bonchev–Trinajstić information content (AvgIpc) is 2.94. The van der Waals surface area contributed by atoms with Crippen LogP contribution in [0.15, 0.2) is 91.0 Å². The van der Waals surface area contributed by atoms with Crippen LogP contribution >= 0.6 is 0 Å². The van der Waals surface area contributed by atoms with E-state index in [-0.39, 0.29) is 17.8 Å². The van der Waals surface area contributed by atoms with Crippen molar-refractivity contribution < 1.29 is 27.1 Å². The van der Waals surface area contributed by atoms with Gasteiger partial charge in [-0.2, -0.15) is 13.2 Å². The van der Waals surface area contributed by atoms with Crippen molar-refractivity contribution >= 4 is 5.97 Å². The lowest BCUT2D eigenvalue weighted by Gasteiger charge is -2.18. The van der Waals surface area contributed by atoms with Gasteiger partial charge in [-0.15, -0.1) is 12.8 Å². The molecule has 3 aromatic rings. The number of carbonyl (C=O) groups excluding carboxylic acids is 1. The maximum absolute atomic E-state index is 14.7. The van der Waals surface area contributed by atoms with Gasteiger partial charge in [-0.05, 0) is 66.8 Å². The molecule has 0 aliphatic rings. The number of ether oxygens (including phenoxy) is 1. The molecule has 0 spiro atoms. The smallest absolute Gasteiger partial charge is 0.416 e. The number of halogens is 4. The summed E-state index contributed by atoms with van der Waals surface area (Å²) in [5.74, 6) is -0.939. The molecule has 39 heavy (non-hydrogen) atoms. The van der Waals surface area contributed by atoms with Gasteiger partial charge < -0.3 is 4.74 Å². The Morgan fingerprint density at radius 3 is 2.21 bits per heavy atom. The van der Waals surface area contributed by atoms with E-state index in [9.17, 15) is 22.4 Å². The van der Waals surface area contributed by atoms with Crippen molar-refractivity contribution in [1.29, 1.82) is 0 Å². The zero-order valence-corrected chi connectivity index (χ0v) is 22.0. The highest BCUT2D eigenvalue weighted by Gasteiger charge is 2.30. The molecule has 204 valence electrons. The van der Waals surface area contributed by atoms with Crippen LogP contribution in [-0.2, 0) is 17.3 Å². The fourth-order valence-electron chi connectivity index (χ4n) is 3.84. The summed E-state index contributed by atoms with van der Waals surface area (Å²) in [5.41, 5.74) is 1.96. The third-order valence-electron chi connectivity index (χ3n) is 5.93. The Bertz CT molecular complexity index is 1270. The quantitative estimate of drug-likeness (QED) is 0.112. The van der Waals surface area contributed by atoms with Gasteiger partial charge in [-0.25, -0.2) is 9.18 Å². The molecule has 1 unspecified atom stereocenters. The second-order valence-corrected chi connectivity index (χ2v) is 8.70. The number of esters is 1. The lowest BCUT2D eigenvalue weighted by molar-refractivity contribution is -0.137. The number of hydrogen-bond acceptors (Lipinski definition) is 2. The van der Waals surface area contributed by atoms with Gasteiger partial charge >= 0.3 is 12.1 Å². The molecule has 0 heterocycles. The van der Waals surface area contributed by atoms with Crippen molar-refractivity contribution in [3.05, 3.63) is 119 Å². The predicted octanol–water partition coefficient (Wildman–Crippen LogP) is 9.52. The summed E-state index contributed by atoms with van der Waals surface area (Å²) in [6.07, 6.45) is 13.1. The number of benzene rings is 3. The van der Waals surface area contributed by atoms with Crippen molar-refractivity contribution in [2.45, 2.75) is 51.8 Å². The van der Waals surface area contributed by atoms with Gasteiger partial charge in [0.15, 0.2) is 0 Å². The topological polar surface area (TPSA) is 26.3 Å². The van der Waals surface area contributed by atoms with E-state index in [2.05, 4.69) is 19.8 Å². The monoisotopic (exact) mass is 536 g/mol. The molecule has 0 aliphatic carbocycles. The molecule has 3 rings (SSSR count). The molecule has 0 aromatic heterocycles. The van der Waals surface area contributed by atoms with Gasteiger partial charge in [0.05, 0.1) is 11.1 Å². The number of alkyl halides is 3. The van der Waals surface area contributed by atoms with E-state index in [0.717, 1.165) is 37.0 Å². The van der Waals surface area contributed by atoms with E-state index >= 15 is 0 Å². The van der Waals surface area contributed by atoms with E-state index in [1.165, 1.54) is 12.1 Å². The van der Waals surface area contributed by atoms with E-state index in [1.807, 2.05) is 19.1 Å². The number of hydrogen-bond donors (Lipinski definition) is 0. The lowest BCUT2D eigenvalue weighted by atomic mass is 10.00. The molecule has 0 radical (unpaired) electrons. The van der Waals surface area contributed by atoms with Gasteiger partial charge in [0.1, 0.15) is 11.9 Å². The number of aryl methyl sites for hydroxylation is 1. The van der Waals surface area contributed by atoms with Crippen LogP contribution < -0.4 is 0 Å². The van der Waals surface area contributed by atoms with Crippen LogP contribution in [0.1, 0.15) is 66.3 Å². The van der Waals surface area contributed by atoms with Gasteiger partial charge in [-0.1, -0.05) is 74.0 Å². The summed E-state index contributed by atoms with van der Waals surface area (Å²) < 4.78 is 59.2. The first kappa shape index (κ1) is 31.1. The fraction of sp³-hybridized carbons (Fsp3) is 0.242. The molecule has 0 saturated carbocycles.